The molecule has 0 heterocycles. The molecule has 4 heteroatoms. The molecule has 0 aliphatic carbocycles. The molecule has 0 rings (SSSR count). The van der Waals surface area contributed by atoms with E-state index in [4.69, 9.17) is 0 Å². The molecule has 0 aromatic carbocycles. The first kappa shape index (κ1) is 14.4. The molecule has 0 fully saturated rings. The van der Waals surface area contributed by atoms with Gasteiger partial charge in [0.2, 0.25) is 5.91 Å². The highest BCUT2D eigenvalue weighted by molar-refractivity contribution is 5.81. The Labute approximate surface area is 93.6 Å². The lowest BCUT2D eigenvalue weighted by Gasteiger charge is -2.32. The van der Waals surface area contributed by atoms with Gasteiger partial charge in [-0.15, -0.1) is 0 Å². The lowest BCUT2D eigenvalue weighted by atomic mass is 10.2. The lowest BCUT2D eigenvalue weighted by Crippen LogP contribution is -2.50. The third-order valence-corrected chi connectivity index (χ3v) is 2.59. The molecule has 0 aliphatic rings. The van der Waals surface area contributed by atoms with Crippen molar-refractivity contribution in [3.05, 3.63) is 0 Å². The van der Waals surface area contributed by atoms with E-state index >= 15 is 0 Å². The van der Waals surface area contributed by atoms with Crippen molar-refractivity contribution in [3.8, 4) is 0 Å². The van der Waals surface area contributed by atoms with Gasteiger partial charge in [-0.1, -0.05) is 0 Å². The quantitative estimate of drug-likeness (QED) is 0.696. The number of carbonyl (C=O) groups excluding carboxylic acids is 1. The molecule has 0 aromatic rings. The minimum atomic E-state index is -0.102. The maximum Gasteiger partial charge on any atom is 0.239 e. The van der Waals surface area contributed by atoms with Gasteiger partial charge in [-0.3, -0.25) is 4.79 Å². The Morgan fingerprint density at radius 3 is 2.20 bits per heavy atom. The smallest absolute Gasteiger partial charge is 0.239 e. The van der Waals surface area contributed by atoms with Gasteiger partial charge in [-0.2, -0.15) is 0 Å². The summed E-state index contributed by atoms with van der Waals surface area (Å²) in [6.07, 6.45) is 0. The lowest BCUT2D eigenvalue weighted by molar-refractivity contribution is -0.134. The van der Waals surface area contributed by atoms with Crippen LogP contribution in [0.2, 0.25) is 0 Å². The Hall–Kier alpha value is -0.610. The fraction of sp³-hybridized carbons (Fsp3) is 0.909. The van der Waals surface area contributed by atoms with Crippen molar-refractivity contribution in [1.29, 1.82) is 0 Å². The Morgan fingerprint density at radius 1 is 1.33 bits per heavy atom. The molecule has 2 unspecified atom stereocenters. The topological polar surface area (TPSA) is 35.6 Å². The molecular formula is C11H25N3O. The summed E-state index contributed by atoms with van der Waals surface area (Å²) in [6.45, 7) is 7.67. The van der Waals surface area contributed by atoms with E-state index in [1.165, 1.54) is 0 Å². The van der Waals surface area contributed by atoms with Gasteiger partial charge in [0.25, 0.3) is 0 Å². The summed E-state index contributed by atoms with van der Waals surface area (Å²) in [5.41, 5.74) is 0. The molecule has 0 aliphatic heterocycles. The molecule has 4 nitrogen and oxygen atoms in total. The highest BCUT2D eigenvalue weighted by Crippen LogP contribution is 2.03. The zero-order valence-corrected chi connectivity index (χ0v) is 10.9. The molecule has 0 saturated carbocycles. The Kier molecular flexibility index (Phi) is 6.52. The van der Waals surface area contributed by atoms with Crippen LogP contribution in [0.25, 0.3) is 0 Å². The summed E-state index contributed by atoms with van der Waals surface area (Å²) in [6, 6.07) is 0.155. The summed E-state index contributed by atoms with van der Waals surface area (Å²) in [5, 5.41) is 2.98. The second kappa shape index (κ2) is 6.80. The molecule has 0 bridgehead atoms. The number of nitrogens with one attached hydrogen (secondary N) is 1. The summed E-state index contributed by atoms with van der Waals surface area (Å²) < 4.78 is 0. The van der Waals surface area contributed by atoms with Gasteiger partial charge in [0.15, 0.2) is 0 Å². The predicted octanol–water partition coefficient (Wildman–Crippen LogP) is 0.393. The van der Waals surface area contributed by atoms with E-state index < -0.39 is 0 Å². The van der Waals surface area contributed by atoms with Crippen molar-refractivity contribution in [1.82, 2.24) is 15.1 Å². The SMILES string of the molecule is CCN(C(=O)C(C)NC)C(C)CN(C)C. The van der Waals surface area contributed by atoms with Crippen LogP contribution in [0.15, 0.2) is 0 Å². The van der Waals surface area contributed by atoms with Crippen molar-refractivity contribution in [2.24, 2.45) is 0 Å². The van der Waals surface area contributed by atoms with Crippen LogP contribution in [-0.4, -0.2) is 62.0 Å². The van der Waals surface area contributed by atoms with Crippen LogP contribution in [0.4, 0.5) is 0 Å². The highest BCUT2D eigenvalue weighted by Gasteiger charge is 2.22. The number of carbonyl (C=O) groups is 1. The number of nitrogens with zero attached hydrogens (tertiary/aromatic N) is 2. The van der Waals surface area contributed by atoms with Gasteiger partial charge in [0.05, 0.1) is 6.04 Å². The molecule has 0 spiro atoms. The molecule has 1 N–H and O–H groups in total. The molecule has 15 heavy (non-hydrogen) atoms. The zero-order chi connectivity index (χ0) is 12.0. The molecule has 0 saturated heterocycles. The average Bonchev–Trinajstić information content (AvgIpc) is 2.16. The molecule has 0 aromatic heterocycles. The number of amides is 1. The van der Waals surface area contributed by atoms with Crippen molar-refractivity contribution < 1.29 is 4.79 Å². The second-order valence-electron chi connectivity index (χ2n) is 4.25. The molecule has 90 valence electrons. The number of hydrogen-bond donors (Lipinski definition) is 1. The van der Waals surface area contributed by atoms with Crippen LogP contribution >= 0.6 is 0 Å². The fourth-order valence-electron chi connectivity index (χ4n) is 1.68. The summed E-state index contributed by atoms with van der Waals surface area (Å²) >= 11 is 0. The molecular weight excluding hydrogens is 190 g/mol. The molecule has 1 amide bonds. The van der Waals surface area contributed by atoms with Crippen molar-refractivity contribution in [3.63, 3.8) is 0 Å². The summed E-state index contributed by atoms with van der Waals surface area (Å²) in [5.74, 6) is 0.175. The first-order chi connectivity index (χ1) is 6.93. The maximum absolute atomic E-state index is 12.0. The fourth-order valence-corrected chi connectivity index (χ4v) is 1.68. The van der Waals surface area contributed by atoms with E-state index in [1.807, 2.05) is 39.9 Å². The second-order valence-corrected chi connectivity index (χ2v) is 4.25. The Morgan fingerprint density at radius 2 is 1.87 bits per heavy atom. The van der Waals surface area contributed by atoms with Gasteiger partial charge in [-0.05, 0) is 41.9 Å². The monoisotopic (exact) mass is 215 g/mol. The third-order valence-electron chi connectivity index (χ3n) is 2.59. The normalized spacial score (nSPS) is 15.1. The van der Waals surface area contributed by atoms with Crippen LogP contribution in [0.5, 0.6) is 0 Å². The summed E-state index contributed by atoms with van der Waals surface area (Å²) in [7, 11) is 5.86. The van der Waals surface area contributed by atoms with Gasteiger partial charge in [-0.25, -0.2) is 0 Å². The molecule has 0 radical (unpaired) electrons. The van der Waals surface area contributed by atoms with E-state index in [1.54, 1.807) is 0 Å². The van der Waals surface area contributed by atoms with Crippen LogP contribution in [-0.2, 0) is 4.79 Å². The number of rotatable bonds is 6. The van der Waals surface area contributed by atoms with E-state index in [9.17, 15) is 4.79 Å². The molecule has 2 atom stereocenters. The van der Waals surface area contributed by atoms with Crippen LogP contribution < -0.4 is 5.32 Å². The van der Waals surface area contributed by atoms with E-state index in [0.717, 1.165) is 13.1 Å². The van der Waals surface area contributed by atoms with Gasteiger partial charge in [0, 0.05) is 19.1 Å². The number of hydrogen-bond acceptors (Lipinski definition) is 3. The summed E-state index contributed by atoms with van der Waals surface area (Å²) in [4.78, 5) is 16.0. The first-order valence-corrected chi connectivity index (χ1v) is 5.56. The van der Waals surface area contributed by atoms with Crippen molar-refractivity contribution in [2.45, 2.75) is 32.9 Å². The van der Waals surface area contributed by atoms with E-state index in [-0.39, 0.29) is 18.0 Å². The standard InChI is InChI=1S/C11H25N3O/c1-7-14(9(2)8-13(5)6)11(15)10(3)12-4/h9-10,12H,7-8H2,1-6H3. The van der Waals surface area contributed by atoms with Crippen molar-refractivity contribution in [2.75, 3.05) is 34.2 Å². The van der Waals surface area contributed by atoms with Crippen LogP contribution in [0, 0.1) is 0 Å². The third kappa shape index (κ3) is 4.62. The zero-order valence-electron chi connectivity index (χ0n) is 10.9. The van der Waals surface area contributed by atoms with E-state index in [0.29, 0.717) is 0 Å². The van der Waals surface area contributed by atoms with Crippen molar-refractivity contribution >= 4 is 5.91 Å². The minimum Gasteiger partial charge on any atom is -0.338 e. The average molecular weight is 215 g/mol. The first-order valence-electron chi connectivity index (χ1n) is 5.56. The minimum absolute atomic E-state index is 0.102. The van der Waals surface area contributed by atoms with Gasteiger partial charge < -0.3 is 15.1 Å². The van der Waals surface area contributed by atoms with Gasteiger partial charge in [0.1, 0.15) is 0 Å². The Bertz CT molecular complexity index is 194. The predicted molar refractivity (Wildman–Crippen MR) is 63.9 cm³/mol. The maximum atomic E-state index is 12.0. The van der Waals surface area contributed by atoms with Crippen LogP contribution in [0.1, 0.15) is 20.8 Å². The van der Waals surface area contributed by atoms with E-state index in [2.05, 4.69) is 17.1 Å². The number of likely N-dealkylation sites (N-methyl/N-ethyl adjacent to an activating group) is 3. The highest BCUT2D eigenvalue weighted by atomic mass is 16.2. The Balaban J connectivity index is 4.40. The van der Waals surface area contributed by atoms with Gasteiger partial charge >= 0.3 is 0 Å². The largest absolute Gasteiger partial charge is 0.338 e. The van der Waals surface area contributed by atoms with Crippen LogP contribution in [0.3, 0.4) is 0 Å².